The van der Waals surface area contributed by atoms with Crippen LogP contribution in [0, 0.1) is 0 Å². The van der Waals surface area contributed by atoms with Gasteiger partial charge in [0.25, 0.3) is 0 Å². The van der Waals surface area contributed by atoms with E-state index in [0.29, 0.717) is 17.8 Å². The molecule has 3 N–H and O–H groups in total. The van der Waals surface area contributed by atoms with Crippen LogP contribution in [0.5, 0.6) is 0 Å². The molecule has 3 aliphatic heterocycles. The highest BCUT2D eigenvalue weighted by molar-refractivity contribution is 8.14. The number of benzene rings is 1. The number of nitrogens with one attached hydrogen (secondary N) is 3. The van der Waals surface area contributed by atoms with Gasteiger partial charge in [-0.1, -0.05) is 61.4 Å². The van der Waals surface area contributed by atoms with Gasteiger partial charge in [0.15, 0.2) is 5.17 Å². The number of amides is 1. The number of fused-ring (bicyclic) bond motifs is 3. The van der Waals surface area contributed by atoms with E-state index >= 15 is 0 Å². The Morgan fingerprint density at radius 2 is 2.00 bits per heavy atom. The van der Waals surface area contributed by atoms with Crippen LogP contribution >= 0.6 is 11.8 Å². The number of hydrogen-bond acceptors (Lipinski definition) is 7. The molecule has 5 rings (SSSR count). The lowest BCUT2D eigenvalue weighted by Gasteiger charge is -2.36. The van der Waals surface area contributed by atoms with E-state index in [1.54, 1.807) is 0 Å². The Morgan fingerprint density at radius 1 is 1.17 bits per heavy atom. The second-order valence-corrected chi connectivity index (χ2v) is 9.11. The molecule has 1 amide bonds. The number of hydrazone groups is 1. The lowest BCUT2D eigenvalue weighted by atomic mass is 9.95. The van der Waals surface area contributed by atoms with Crippen LogP contribution in [0.25, 0.3) is 0 Å². The fourth-order valence-corrected chi connectivity index (χ4v) is 5.48. The number of carbonyl (C=O) groups excluding carboxylic acids is 1. The lowest BCUT2D eigenvalue weighted by Crippen LogP contribution is -2.54. The highest BCUT2D eigenvalue weighted by Crippen LogP contribution is 2.35. The van der Waals surface area contributed by atoms with Crippen LogP contribution in [-0.2, 0) is 4.79 Å². The first kappa shape index (κ1) is 18.8. The summed E-state index contributed by atoms with van der Waals surface area (Å²) in [6.45, 7) is 0. The number of carbonyl (C=O) groups is 1. The van der Waals surface area contributed by atoms with Crippen LogP contribution in [0.3, 0.4) is 0 Å². The molecule has 1 aromatic carbocycles. The van der Waals surface area contributed by atoms with Crippen molar-refractivity contribution >= 4 is 22.8 Å². The zero-order chi connectivity index (χ0) is 19.6. The van der Waals surface area contributed by atoms with Crippen molar-refractivity contribution in [1.29, 1.82) is 0 Å². The van der Waals surface area contributed by atoms with Gasteiger partial charge in [-0.2, -0.15) is 5.10 Å². The first-order valence-corrected chi connectivity index (χ1v) is 11.6. The van der Waals surface area contributed by atoms with E-state index in [1.165, 1.54) is 36.6 Å². The number of rotatable bonds is 4. The molecule has 7 nitrogen and oxygen atoms in total. The quantitative estimate of drug-likeness (QED) is 0.706. The summed E-state index contributed by atoms with van der Waals surface area (Å²) in [5.41, 5.74) is 8.18. The SMILES string of the molecule is O=C(CSC1=NNC2C3CC(c4ccccc4)NN3C=CN12)NC1CCCCC1. The minimum Gasteiger partial charge on any atom is -0.353 e. The molecule has 154 valence electrons. The molecule has 0 radical (unpaired) electrons. The maximum absolute atomic E-state index is 12.3. The summed E-state index contributed by atoms with van der Waals surface area (Å²) < 4.78 is 0. The van der Waals surface area contributed by atoms with Gasteiger partial charge in [-0.05, 0) is 24.8 Å². The summed E-state index contributed by atoms with van der Waals surface area (Å²) in [7, 11) is 0. The molecule has 1 saturated carbocycles. The molecule has 0 bridgehead atoms. The van der Waals surface area contributed by atoms with Crippen molar-refractivity contribution in [2.75, 3.05) is 5.75 Å². The van der Waals surface area contributed by atoms with Crippen molar-refractivity contribution in [3.8, 4) is 0 Å². The molecule has 3 heterocycles. The standard InChI is InChI=1S/C21H28N6OS/c28-19(22-16-9-5-2-6-10-16)14-29-21-24-23-20-18-13-17(15-7-3-1-4-8-15)25-27(18)12-11-26(20)21/h1,3-4,7-8,11-12,16-18,20,23,25H,2,5-6,9-10,13-14H2,(H,22,28). The Kier molecular flexibility index (Phi) is 5.37. The Morgan fingerprint density at radius 3 is 2.83 bits per heavy atom. The zero-order valence-electron chi connectivity index (χ0n) is 16.5. The molecule has 29 heavy (non-hydrogen) atoms. The van der Waals surface area contributed by atoms with E-state index < -0.39 is 0 Å². The van der Waals surface area contributed by atoms with E-state index in [9.17, 15) is 4.79 Å². The molecule has 1 aromatic rings. The number of thioether (sulfide) groups is 1. The molecule has 0 spiro atoms. The van der Waals surface area contributed by atoms with Gasteiger partial charge in [0.05, 0.1) is 17.8 Å². The van der Waals surface area contributed by atoms with Crippen molar-refractivity contribution in [2.24, 2.45) is 5.10 Å². The molecule has 2 fully saturated rings. The maximum Gasteiger partial charge on any atom is 0.230 e. The predicted molar refractivity (Wildman–Crippen MR) is 115 cm³/mol. The van der Waals surface area contributed by atoms with E-state index in [2.05, 4.69) is 61.6 Å². The van der Waals surface area contributed by atoms with Gasteiger partial charge in [-0.3, -0.25) is 10.2 Å². The summed E-state index contributed by atoms with van der Waals surface area (Å²) in [5.74, 6) is 0.523. The minimum atomic E-state index is 0.0881. The van der Waals surface area contributed by atoms with Crippen molar-refractivity contribution < 1.29 is 4.79 Å². The summed E-state index contributed by atoms with van der Waals surface area (Å²) >= 11 is 1.51. The van der Waals surface area contributed by atoms with Crippen LogP contribution in [-0.4, -0.2) is 45.0 Å². The van der Waals surface area contributed by atoms with Gasteiger partial charge < -0.3 is 15.2 Å². The molecule has 0 aromatic heterocycles. The third kappa shape index (κ3) is 3.96. The van der Waals surface area contributed by atoms with Gasteiger partial charge in [0.2, 0.25) is 5.91 Å². The topological polar surface area (TPSA) is 72.0 Å². The normalized spacial score (nSPS) is 28.6. The average Bonchev–Trinajstić information content (AvgIpc) is 3.37. The Balaban J connectivity index is 1.16. The van der Waals surface area contributed by atoms with Gasteiger partial charge in [0.1, 0.15) is 6.17 Å². The molecular formula is C21H28N6OS. The number of hydrazine groups is 1. The molecule has 4 aliphatic rings. The zero-order valence-corrected chi connectivity index (χ0v) is 17.3. The Labute approximate surface area is 175 Å². The molecule has 8 heteroatoms. The van der Waals surface area contributed by atoms with Gasteiger partial charge >= 0.3 is 0 Å². The van der Waals surface area contributed by atoms with Crippen LogP contribution in [0.15, 0.2) is 47.8 Å². The summed E-state index contributed by atoms with van der Waals surface area (Å²) in [5, 5.41) is 10.8. The molecule has 3 atom stereocenters. The predicted octanol–water partition coefficient (Wildman–Crippen LogP) is 2.48. The third-order valence-electron chi connectivity index (χ3n) is 6.21. The van der Waals surface area contributed by atoms with E-state index in [-0.39, 0.29) is 18.1 Å². The minimum absolute atomic E-state index is 0.0881. The summed E-state index contributed by atoms with van der Waals surface area (Å²) in [6, 6.07) is 11.5. The third-order valence-corrected chi connectivity index (χ3v) is 7.18. The number of hydrogen-bond donors (Lipinski definition) is 3. The van der Waals surface area contributed by atoms with E-state index in [4.69, 9.17) is 0 Å². The fourth-order valence-electron chi connectivity index (χ4n) is 4.70. The first-order valence-electron chi connectivity index (χ1n) is 10.6. The van der Waals surface area contributed by atoms with Crippen LogP contribution in [0.2, 0.25) is 0 Å². The monoisotopic (exact) mass is 412 g/mol. The number of amidine groups is 1. The molecule has 1 aliphatic carbocycles. The lowest BCUT2D eigenvalue weighted by molar-refractivity contribution is -0.119. The smallest absolute Gasteiger partial charge is 0.230 e. The highest BCUT2D eigenvalue weighted by Gasteiger charge is 2.44. The van der Waals surface area contributed by atoms with Crippen molar-refractivity contribution in [2.45, 2.75) is 62.8 Å². The highest BCUT2D eigenvalue weighted by atomic mass is 32.2. The largest absolute Gasteiger partial charge is 0.353 e. The molecule has 3 unspecified atom stereocenters. The molecular weight excluding hydrogens is 384 g/mol. The maximum atomic E-state index is 12.3. The average molecular weight is 413 g/mol. The fraction of sp³-hybridized carbons (Fsp3) is 0.524. The van der Waals surface area contributed by atoms with Crippen LogP contribution in [0.1, 0.15) is 50.1 Å². The number of nitrogens with zero attached hydrogens (tertiary/aromatic N) is 3. The van der Waals surface area contributed by atoms with Crippen LogP contribution < -0.4 is 16.2 Å². The van der Waals surface area contributed by atoms with Crippen molar-refractivity contribution in [3.05, 3.63) is 48.3 Å². The van der Waals surface area contributed by atoms with E-state index in [0.717, 1.165) is 24.4 Å². The van der Waals surface area contributed by atoms with Gasteiger partial charge in [0, 0.05) is 18.4 Å². The van der Waals surface area contributed by atoms with Crippen molar-refractivity contribution in [3.63, 3.8) is 0 Å². The summed E-state index contributed by atoms with van der Waals surface area (Å²) in [4.78, 5) is 14.5. The van der Waals surface area contributed by atoms with Crippen LogP contribution in [0.4, 0.5) is 0 Å². The summed E-state index contributed by atoms with van der Waals surface area (Å²) in [6.07, 6.45) is 11.2. The first-order chi connectivity index (χ1) is 14.3. The Bertz CT molecular complexity index is 794. The van der Waals surface area contributed by atoms with Crippen molar-refractivity contribution in [1.82, 2.24) is 26.1 Å². The van der Waals surface area contributed by atoms with Gasteiger partial charge in [-0.25, -0.2) is 5.43 Å². The molecule has 1 saturated heterocycles. The Hall–Kier alpha value is -2.19. The van der Waals surface area contributed by atoms with Gasteiger partial charge in [-0.15, -0.1) is 0 Å². The van der Waals surface area contributed by atoms with E-state index in [1.807, 2.05) is 12.3 Å². The second-order valence-electron chi connectivity index (χ2n) is 8.17. The second kappa shape index (κ2) is 8.28.